The van der Waals surface area contributed by atoms with E-state index < -0.39 is 12.1 Å². The second-order valence-corrected chi connectivity index (χ2v) is 3.09. The maximum atomic E-state index is 10.6. The summed E-state index contributed by atoms with van der Waals surface area (Å²) in [4.78, 5) is 10.6. The third kappa shape index (κ3) is 1.56. The third-order valence-electron chi connectivity index (χ3n) is 2.15. The van der Waals surface area contributed by atoms with Crippen LogP contribution in [0, 0.1) is 0 Å². The van der Waals surface area contributed by atoms with Gasteiger partial charge in [0, 0.05) is 0 Å². The predicted molar refractivity (Wildman–Crippen MR) is 44.7 cm³/mol. The van der Waals surface area contributed by atoms with Crippen LogP contribution in [0.25, 0.3) is 0 Å². The van der Waals surface area contributed by atoms with Crippen LogP contribution in [0.15, 0.2) is 22.8 Å². The number of aliphatic carboxylic acids is 1. The summed E-state index contributed by atoms with van der Waals surface area (Å²) >= 11 is 0. The van der Waals surface area contributed by atoms with Gasteiger partial charge in [-0.2, -0.15) is 0 Å². The molecule has 3 nitrogen and oxygen atoms in total. The molecule has 0 saturated carbocycles. The van der Waals surface area contributed by atoms with Crippen LogP contribution in [0.4, 0.5) is 0 Å². The molecule has 1 rings (SSSR count). The van der Waals surface area contributed by atoms with Gasteiger partial charge >= 0.3 is 5.97 Å². The van der Waals surface area contributed by atoms with E-state index in [1.54, 1.807) is 0 Å². The molecule has 0 saturated heterocycles. The van der Waals surface area contributed by atoms with Crippen molar-refractivity contribution in [1.29, 1.82) is 0 Å². The molecule has 66 valence electrons. The van der Waals surface area contributed by atoms with E-state index in [0.717, 1.165) is 11.1 Å². The van der Waals surface area contributed by atoms with Gasteiger partial charge in [0.1, 0.15) is 0 Å². The van der Waals surface area contributed by atoms with E-state index in [9.17, 15) is 9.90 Å². The molecule has 12 heavy (non-hydrogen) atoms. The highest BCUT2D eigenvalue weighted by Crippen LogP contribution is 2.23. The Labute approximate surface area is 71.0 Å². The third-order valence-corrected chi connectivity index (χ3v) is 2.15. The summed E-state index contributed by atoms with van der Waals surface area (Å²) in [5.74, 6) is -1.03. The molecule has 0 spiro atoms. The number of hydrogen-bond donors (Lipinski definition) is 2. The lowest BCUT2D eigenvalue weighted by Crippen LogP contribution is -2.21. The Morgan fingerprint density at radius 1 is 1.58 bits per heavy atom. The van der Waals surface area contributed by atoms with Gasteiger partial charge in [0.05, 0.1) is 11.7 Å². The largest absolute Gasteiger partial charge is 0.478 e. The van der Waals surface area contributed by atoms with E-state index in [0.29, 0.717) is 6.42 Å². The van der Waals surface area contributed by atoms with Gasteiger partial charge in [0.15, 0.2) is 0 Å². The number of carbonyl (C=O) groups is 1. The monoisotopic (exact) mass is 168 g/mol. The smallest absolute Gasteiger partial charge is 0.334 e. The Bertz CT molecular complexity index is 273. The first kappa shape index (κ1) is 9.00. The molecule has 0 aromatic carbocycles. The van der Waals surface area contributed by atoms with Crippen molar-refractivity contribution >= 4 is 5.97 Å². The van der Waals surface area contributed by atoms with Crippen LogP contribution in [0.3, 0.4) is 0 Å². The fourth-order valence-electron chi connectivity index (χ4n) is 1.22. The lowest BCUT2D eigenvalue weighted by Gasteiger charge is -2.18. The topological polar surface area (TPSA) is 57.5 Å². The summed E-state index contributed by atoms with van der Waals surface area (Å²) in [7, 11) is 0. The van der Waals surface area contributed by atoms with Crippen molar-refractivity contribution in [3.63, 3.8) is 0 Å². The lowest BCUT2D eigenvalue weighted by molar-refractivity contribution is -0.133. The van der Waals surface area contributed by atoms with Crippen LogP contribution >= 0.6 is 0 Å². The Balaban J connectivity index is 3.01. The van der Waals surface area contributed by atoms with Crippen LogP contribution in [0.5, 0.6) is 0 Å². The van der Waals surface area contributed by atoms with E-state index >= 15 is 0 Å². The average molecular weight is 168 g/mol. The highest BCUT2D eigenvalue weighted by Gasteiger charge is 2.22. The summed E-state index contributed by atoms with van der Waals surface area (Å²) in [5, 5.41) is 18.0. The summed E-state index contributed by atoms with van der Waals surface area (Å²) in [6.07, 6.45) is 1.13. The summed E-state index contributed by atoms with van der Waals surface area (Å²) in [6.45, 7) is 3.75. The first-order chi connectivity index (χ1) is 5.52. The van der Waals surface area contributed by atoms with Gasteiger partial charge in [-0.1, -0.05) is 11.1 Å². The predicted octanol–water partition coefficient (Wildman–Crippen LogP) is 1.10. The van der Waals surface area contributed by atoms with Crippen molar-refractivity contribution in [2.75, 3.05) is 0 Å². The molecule has 3 heteroatoms. The molecule has 0 fully saturated rings. The van der Waals surface area contributed by atoms with Crippen molar-refractivity contribution in [2.45, 2.75) is 26.4 Å². The van der Waals surface area contributed by atoms with Crippen molar-refractivity contribution in [1.82, 2.24) is 0 Å². The van der Waals surface area contributed by atoms with Gasteiger partial charge in [-0.3, -0.25) is 0 Å². The van der Waals surface area contributed by atoms with Crippen LogP contribution in [0.1, 0.15) is 20.3 Å². The molecule has 0 heterocycles. The van der Waals surface area contributed by atoms with Crippen molar-refractivity contribution in [3.8, 4) is 0 Å². The van der Waals surface area contributed by atoms with Gasteiger partial charge in [0.2, 0.25) is 0 Å². The fraction of sp³-hybridized carbons (Fsp3) is 0.444. The molecule has 1 atom stereocenters. The second kappa shape index (κ2) is 3.11. The number of carboxylic acid groups (broad SMARTS) is 1. The van der Waals surface area contributed by atoms with Gasteiger partial charge in [-0.25, -0.2) is 4.79 Å². The molecule has 1 unspecified atom stereocenters. The molecule has 0 bridgehead atoms. The zero-order valence-corrected chi connectivity index (χ0v) is 7.16. The molecule has 0 aromatic rings. The van der Waals surface area contributed by atoms with E-state index in [2.05, 4.69) is 0 Å². The van der Waals surface area contributed by atoms with E-state index in [-0.39, 0.29) is 5.57 Å². The van der Waals surface area contributed by atoms with Crippen molar-refractivity contribution < 1.29 is 15.0 Å². The molecule has 0 radical (unpaired) electrons. The van der Waals surface area contributed by atoms with Gasteiger partial charge < -0.3 is 10.2 Å². The van der Waals surface area contributed by atoms with Crippen LogP contribution < -0.4 is 0 Å². The Morgan fingerprint density at radius 3 is 2.67 bits per heavy atom. The van der Waals surface area contributed by atoms with Crippen LogP contribution in [-0.4, -0.2) is 22.3 Å². The molecule has 0 aromatic heterocycles. The van der Waals surface area contributed by atoms with Crippen LogP contribution in [-0.2, 0) is 4.79 Å². The zero-order valence-electron chi connectivity index (χ0n) is 7.16. The fourth-order valence-corrected chi connectivity index (χ4v) is 1.22. The average Bonchev–Trinajstić information content (AvgIpc) is 1.96. The minimum Gasteiger partial charge on any atom is -0.478 e. The Kier molecular flexibility index (Phi) is 2.33. The Morgan fingerprint density at radius 2 is 2.17 bits per heavy atom. The first-order valence-electron chi connectivity index (χ1n) is 3.81. The van der Waals surface area contributed by atoms with Gasteiger partial charge in [-0.15, -0.1) is 0 Å². The molecule has 0 amide bonds. The summed E-state index contributed by atoms with van der Waals surface area (Å²) < 4.78 is 0. The SMILES string of the molecule is CC1=C(C)CC(O)C(C(=O)O)=C1. The van der Waals surface area contributed by atoms with E-state index in [4.69, 9.17) is 5.11 Å². The van der Waals surface area contributed by atoms with Crippen molar-refractivity contribution in [2.24, 2.45) is 0 Å². The molecule has 1 aliphatic rings. The minimum atomic E-state index is -1.03. The Hall–Kier alpha value is -1.09. The second-order valence-electron chi connectivity index (χ2n) is 3.09. The number of aliphatic hydroxyl groups excluding tert-OH is 1. The molecule has 1 aliphatic carbocycles. The summed E-state index contributed by atoms with van der Waals surface area (Å²) in [5.41, 5.74) is 2.09. The number of carboxylic acids is 1. The molecule has 2 N–H and O–H groups in total. The highest BCUT2D eigenvalue weighted by atomic mass is 16.4. The minimum absolute atomic E-state index is 0.0955. The number of allylic oxidation sites excluding steroid dienone is 2. The maximum Gasteiger partial charge on any atom is 0.334 e. The summed E-state index contributed by atoms with van der Waals surface area (Å²) in [6, 6.07) is 0. The van der Waals surface area contributed by atoms with Crippen LogP contribution in [0.2, 0.25) is 0 Å². The number of hydrogen-bond acceptors (Lipinski definition) is 2. The lowest BCUT2D eigenvalue weighted by atomic mass is 9.92. The first-order valence-corrected chi connectivity index (χ1v) is 3.81. The number of rotatable bonds is 1. The zero-order chi connectivity index (χ0) is 9.30. The molecule has 0 aliphatic heterocycles. The maximum absolute atomic E-state index is 10.6. The van der Waals surface area contributed by atoms with Crippen molar-refractivity contribution in [3.05, 3.63) is 22.8 Å². The van der Waals surface area contributed by atoms with E-state index in [1.807, 2.05) is 13.8 Å². The quantitative estimate of drug-likeness (QED) is 0.616. The van der Waals surface area contributed by atoms with Gasteiger partial charge in [0.25, 0.3) is 0 Å². The highest BCUT2D eigenvalue weighted by molar-refractivity contribution is 5.88. The number of aliphatic hydroxyl groups is 1. The van der Waals surface area contributed by atoms with E-state index in [1.165, 1.54) is 6.08 Å². The standard InChI is InChI=1S/C9H12O3/c1-5-3-7(9(11)12)8(10)4-6(5)2/h3,8,10H,4H2,1-2H3,(H,11,12). The molecular weight excluding hydrogens is 156 g/mol. The normalized spacial score (nSPS) is 23.9. The molecular formula is C9H12O3. The van der Waals surface area contributed by atoms with Gasteiger partial charge in [-0.05, 0) is 26.3 Å².